The SMILES string of the molecule is Cc1cc(C(C)Nc2ccc(Cl)nc2C(N)=NO)c2oc(-c3cccnc3)c(C)c(=O)c2c1. The van der Waals surface area contributed by atoms with Gasteiger partial charge in [0, 0.05) is 29.1 Å². The second-order valence-corrected chi connectivity index (χ2v) is 8.13. The molecule has 4 rings (SSSR count). The summed E-state index contributed by atoms with van der Waals surface area (Å²) in [5.41, 5.74) is 9.81. The van der Waals surface area contributed by atoms with Gasteiger partial charge < -0.3 is 20.7 Å². The highest BCUT2D eigenvalue weighted by Crippen LogP contribution is 2.32. The molecule has 0 aliphatic heterocycles. The van der Waals surface area contributed by atoms with Crippen LogP contribution in [-0.2, 0) is 0 Å². The number of aromatic nitrogens is 2. The largest absolute Gasteiger partial charge is 0.455 e. The van der Waals surface area contributed by atoms with Crippen LogP contribution in [0.5, 0.6) is 0 Å². The second-order valence-electron chi connectivity index (χ2n) is 7.74. The van der Waals surface area contributed by atoms with Gasteiger partial charge in [-0.1, -0.05) is 22.8 Å². The topological polar surface area (TPSA) is 127 Å². The number of halogens is 1. The van der Waals surface area contributed by atoms with E-state index in [9.17, 15) is 4.79 Å². The molecule has 1 atom stereocenters. The smallest absolute Gasteiger partial charge is 0.196 e. The van der Waals surface area contributed by atoms with E-state index in [1.165, 1.54) is 0 Å². The molecule has 1 aromatic carbocycles. The van der Waals surface area contributed by atoms with Crippen LogP contribution in [0.25, 0.3) is 22.3 Å². The lowest BCUT2D eigenvalue weighted by atomic mass is 9.99. The second kappa shape index (κ2) is 8.91. The molecule has 0 saturated heterocycles. The van der Waals surface area contributed by atoms with Crippen LogP contribution in [0.3, 0.4) is 0 Å². The molecular formula is C24H22ClN5O3. The first-order valence-electron chi connectivity index (χ1n) is 10.2. The lowest BCUT2D eigenvalue weighted by Crippen LogP contribution is -2.19. The molecule has 33 heavy (non-hydrogen) atoms. The van der Waals surface area contributed by atoms with Crippen LogP contribution in [0.15, 0.2) is 63.2 Å². The van der Waals surface area contributed by atoms with Gasteiger partial charge in [-0.15, -0.1) is 0 Å². The summed E-state index contributed by atoms with van der Waals surface area (Å²) >= 11 is 5.99. The minimum Gasteiger partial charge on any atom is -0.455 e. The molecule has 0 fully saturated rings. The van der Waals surface area contributed by atoms with Crippen molar-refractivity contribution < 1.29 is 9.62 Å². The van der Waals surface area contributed by atoms with Gasteiger partial charge in [0.15, 0.2) is 11.3 Å². The van der Waals surface area contributed by atoms with Gasteiger partial charge in [0.2, 0.25) is 0 Å². The van der Waals surface area contributed by atoms with E-state index in [4.69, 9.17) is 27.0 Å². The fourth-order valence-corrected chi connectivity index (χ4v) is 3.91. The van der Waals surface area contributed by atoms with Gasteiger partial charge in [0.05, 0.1) is 17.1 Å². The minimum absolute atomic E-state index is 0.0993. The number of hydrogen-bond acceptors (Lipinski definition) is 7. The Morgan fingerprint density at radius 1 is 1.27 bits per heavy atom. The van der Waals surface area contributed by atoms with Gasteiger partial charge in [-0.3, -0.25) is 9.78 Å². The molecule has 1 unspecified atom stereocenters. The van der Waals surface area contributed by atoms with Gasteiger partial charge in [-0.05, 0) is 56.7 Å². The highest BCUT2D eigenvalue weighted by Gasteiger charge is 2.20. The Kier molecular flexibility index (Phi) is 6.02. The third kappa shape index (κ3) is 4.25. The molecule has 3 aromatic heterocycles. The Balaban J connectivity index is 1.88. The molecule has 0 bridgehead atoms. The van der Waals surface area contributed by atoms with E-state index in [1.54, 1.807) is 37.5 Å². The molecule has 8 nitrogen and oxygen atoms in total. The average molecular weight is 464 g/mol. The summed E-state index contributed by atoms with van der Waals surface area (Å²) in [5.74, 6) is 0.297. The summed E-state index contributed by atoms with van der Waals surface area (Å²) in [7, 11) is 0. The standard InChI is InChI=1S/C24H22ClN5O3/c1-12-9-16(14(3)28-18-6-7-19(25)29-20(18)24(26)30-32)23-17(10-12)21(31)13(2)22(33-23)15-5-4-8-27-11-15/h4-11,14,28,32H,1-3H3,(H2,26,30). The zero-order valence-electron chi connectivity index (χ0n) is 18.3. The maximum atomic E-state index is 13.2. The number of nitrogens with two attached hydrogens (primary N) is 1. The number of hydrogen-bond donors (Lipinski definition) is 3. The Hall–Kier alpha value is -3.91. The van der Waals surface area contributed by atoms with E-state index in [0.717, 1.165) is 16.7 Å². The monoisotopic (exact) mass is 463 g/mol. The predicted octanol–water partition coefficient (Wildman–Crippen LogP) is 4.79. The van der Waals surface area contributed by atoms with Crippen molar-refractivity contribution in [3.05, 3.63) is 86.6 Å². The Labute approximate surface area is 194 Å². The number of benzene rings is 1. The Morgan fingerprint density at radius 2 is 2.06 bits per heavy atom. The predicted molar refractivity (Wildman–Crippen MR) is 129 cm³/mol. The first kappa shape index (κ1) is 22.3. The summed E-state index contributed by atoms with van der Waals surface area (Å²) < 4.78 is 6.32. The van der Waals surface area contributed by atoms with Crippen molar-refractivity contribution in [3.8, 4) is 11.3 Å². The molecule has 0 radical (unpaired) electrons. The van der Waals surface area contributed by atoms with Gasteiger partial charge in [0.25, 0.3) is 0 Å². The van der Waals surface area contributed by atoms with E-state index < -0.39 is 0 Å². The summed E-state index contributed by atoms with van der Waals surface area (Å²) in [6.45, 7) is 5.59. The molecule has 0 saturated carbocycles. The third-order valence-corrected chi connectivity index (χ3v) is 5.58. The maximum Gasteiger partial charge on any atom is 0.196 e. The van der Waals surface area contributed by atoms with Gasteiger partial charge in [-0.25, -0.2) is 4.98 Å². The van der Waals surface area contributed by atoms with Crippen LogP contribution in [0.2, 0.25) is 5.15 Å². The fraction of sp³-hybridized carbons (Fsp3) is 0.167. The molecular weight excluding hydrogens is 442 g/mol. The van der Waals surface area contributed by atoms with Crippen LogP contribution in [-0.4, -0.2) is 21.0 Å². The van der Waals surface area contributed by atoms with Crippen molar-refractivity contribution in [1.82, 2.24) is 9.97 Å². The molecule has 4 N–H and O–H groups in total. The molecule has 0 aliphatic rings. The fourth-order valence-electron chi connectivity index (χ4n) is 3.77. The van der Waals surface area contributed by atoms with E-state index in [-0.39, 0.29) is 28.2 Å². The maximum absolute atomic E-state index is 13.2. The number of aryl methyl sites for hydroxylation is 1. The first-order chi connectivity index (χ1) is 15.8. The number of oxime groups is 1. The molecule has 3 heterocycles. The van der Waals surface area contributed by atoms with Crippen LogP contribution in [0.1, 0.15) is 35.3 Å². The first-order valence-corrected chi connectivity index (χ1v) is 10.6. The van der Waals surface area contributed by atoms with Crippen molar-refractivity contribution in [2.24, 2.45) is 10.9 Å². The number of pyridine rings is 2. The van der Waals surface area contributed by atoms with Crippen molar-refractivity contribution in [2.75, 3.05) is 5.32 Å². The molecule has 0 spiro atoms. The lowest BCUT2D eigenvalue weighted by molar-refractivity contribution is 0.318. The van der Waals surface area contributed by atoms with Crippen LogP contribution >= 0.6 is 11.6 Å². The normalized spacial score (nSPS) is 12.7. The average Bonchev–Trinajstić information content (AvgIpc) is 2.82. The van der Waals surface area contributed by atoms with E-state index in [1.807, 2.05) is 32.0 Å². The number of amidine groups is 1. The highest BCUT2D eigenvalue weighted by molar-refractivity contribution is 6.29. The Bertz CT molecular complexity index is 1430. The third-order valence-electron chi connectivity index (χ3n) is 5.37. The molecule has 0 amide bonds. The van der Waals surface area contributed by atoms with Crippen LogP contribution in [0, 0.1) is 13.8 Å². The molecule has 4 aromatic rings. The van der Waals surface area contributed by atoms with Crippen LogP contribution in [0.4, 0.5) is 5.69 Å². The van der Waals surface area contributed by atoms with E-state index >= 15 is 0 Å². The highest BCUT2D eigenvalue weighted by atomic mass is 35.5. The Morgan fingerprint density at radius 3 is 2.76 bits per heavy atom. The zero-order valence-corrected chi connectivity index (χ0v) is 19.0. The van der Waals surface area contributed by atoms with Gasteiger partial charge in [-0.2, -0.15) is 0 Å². The number of anilines is 1. The number of fused-ring (bicyclic) bond motifs is 1. The van der Waals surface area contributed by atoms with Crippen molar-refractivity contribution in [3.63, 3.8) is 0 Å². The van der Waals surface area contributed by atoms with E-state index in [2.05, 4.69) is 20.4 Å². The lowest BCUT2D eigenvalue weighted by Gasteiger charge is -2.20. The number of nitrogens with one attached hydrogen (secondary N) is 1. The quantitative estimate of drug-likeness (QED) is 0.128. The van der Waals surface area contributed by atoms with Gasteiger partial charge >= 0.3 is 0 Å². The molecule has 168 valence electrons. The summed E-state index contributed by atoms with van der Waals surface area (Å²) in [6.07, 6.45) is 3.33. The molecule has 9 heteroatoms. The number of nitrogens with zero attached hydrogens (tertiary/aromatic N) is 3. The van der Waals surface area contributed by atoms with E-state index in [0.29, 0.717) is 28.0 Å². The molecule has 0 aliphatic carbocycles. The zero-order chi connectivity index (χ0) is 23.7. The van der Waals surface area contributed by atoms with Gasteiger partial charge in [0.1, 0.15) is 22.2 Å². The van der Waals surface area contributed by atoms with Crippen molar-refractivity contribution in [1.29, 1.82) is 0 Å². The van der Waals surface area contributed by atoms with Crippen molar-refractivity contribution in [2.45, 2.75) is 26.8 Å². The van der Waals surface area contributed by atoms with Crippen LogP contribution < -0.4 is 16.5 Å². The van der Waals surface area contributed by atoms with Crippen molar-refractivity contribution >= 4 is 34.1 Å². The summed E-state index contributed by atoms with van der Waals surface area (Å²) in [5, 5.41) is 16.2. The summed E-state index contributed by atoms with van der Waals surface area (Å²) in [6, 6.07) is 10.4. The number of rotatable bonds is 5. The minimum atomic E-state index is -0.326. The summed E-state index contributed by atoms with van der Waals surface area (Å²) in [4.78, 5) is 21.5.